The third-order valence-corrected chi connectivity index (χ3v) is 3.69. The molecule has 18 heavy (non-hydrogen) atoms. The molecule has 0 spiro atoms. The van der Waals surface area contributed by atoms with Gasteiger partial charge in [0, 0.05) is 10.1 Å². The highest BCUT2D eigenvalue weighted by Gasteiger charge is 2.31. The summed E-state index contributed by atoms with van der Waals surface area (Å²) in [5, 5.41) is 2.71. The van der Waals surface area contributed by atoms with Crippen LogP contribution in [-0.4, -0.2) is 29.3 Å². The largest absolute Gasteiger partial charge is 0.343 e. The highest BCUT2D eigenvalue weighted by molar-refractivity contribution is 14.1. The van der Waals surface area contributed by atoms with E-state index in [1.165, 1.54) is 0 Å². The Bertz CT molecular complexity index is 459. The van der Waals surface area contributed by atoms with Gasteiger partial charge in [-0.15, -0.1) is 0 Å². The first kappa shape index (κ1) is 13.3. The van der Waals surface area contributed by atoms with Gasteiger partial charge in [0.15, 0.2) is 0 Å². The number of nitrogens with zero attached hydrogens (tertiary/aromatic N) is 1. The molecule has 1 unspecified atom stereocenters. The molecule has 2 amide bonds. The van der Waals surface area contributed by atoms with Crippen molar-refractivity contribution in [1.82, 2.24) is 10.2 Å². The number of benzene rings is 1. The highest BCUT2D eigenvalue weighted by atomic mass is 127. The van der Waals surface area contributed by atoms with E-state index in [0.29, 0.717) is 13.0 Å². The molecule has 0 aromatic heterocycles. The van der Waals surface area contributed by atoms with Crippen molar-refractivity contribution in [3.8, 4) is 0 Å². The predicted octanol–water partition coefficient (Wildman–Crippen LogP) is 1.53. The molecule has 1 aromatic rings. The first-order valence-electron chi connectivity index (χ1n) is 5.92. The van der Waals surface area contributed by atoms with E-state index < -0.39 is 0 Å². The molecule has 0 saturated carbocycles. The standard InChI is InChI=1S/C13H15IN2O2/c1-2-11-13(18)16(8-12(17)15-11)7-9-3-5-10(14)6-4-9/h3-6,11H,2,7-8H2,1H3,(H,15,17). The lowest BCUT2D eigenvalue weighted by molar-refractivity contribution is -0.144. The van der Waals surface area contributed by atoms with Gasteiger partial charge in [-0.1, -0.05) is 19.1 Å². The highest BCUT2D eigenvalue weighted by Crippen LogP contribution is 2.12. The lowest BCUT2D eigenvalue weighted by Gasteiger charge is -2.32. The van der Waals surface area contributed by atoms with Gasteiger partial charge in [-0.3, -0.25) is 9.59 Å². The Kier molecular flexibility index (Phi) is 4.21. The smallest absolute Gasteiger partial charge is 0.245 e. The van der Waals surface area contributed by atoms with E-state index in [0.717, 1.165) is 9.13 Å². The van der Waals surface area contributed by atoms with Gasteiger partial charge in [-0.25, -0.2) is 0 Å². The maximum atomic E-state index is 12.1. The average Bonchev–Trinajstić information content (AvgIpc) is 2.36. The van der Waals surface area contributed by atoms with Crippen LogP contribution in [0.15, 0.2) is 24.3 Å². The predicted molar refractivity (Wildman–Crippen MR) is 76.8 cm³/mol. The van der Waals surface area contributed by atoms with Crippen LogP contribution >= 0.6 is 22.6 Å². The molecular weight excluding hydrogens is 343 g/mol. The number of amides is 2. The van der Waals surface area contributed by atoms with Gasteiger partial charge >= 0.3 is 0 Å². The van der Waals surface area contributed by atoms with Gasteiger partial charge in [0.05, 0.1) is 6.54 Å². The second-order valence-corrected chi connectivity index (χ2v) is 5.59. The van der Waals surface area contributed by atoms with Crippen molar-refractivity contribution >= 4 is 34.4 Å². The number of nitrogens with one attached hydrogen (secondary N) is 1. The maximum Gasteiger partial charge on any atom is 0.245 e. The summed E-state index contributed by atoms with van der Waals surface area (Å²) in [6, 6.07) is 7.61. The van der Waals surface area contributed by atoms with Gasteiger partial charge in [0.2, 0.25) is 11.8 Å². The van der Waals surface area contributed by atoms with Crippen LogP contribution in [0, 0.1) is 3.57 Å². The Morgan fingerprint density at radius 1 is 1.33 bits per heavy atom. The third-order valence-electron chi connectivity index (χ3n) is 2.97. The Morgan fingerprint density at radius 3 is 2.61 bits per heavy atom. The minimum atomic E-state index is -0.366. The first-order valence-corrected chi connectivity index (χ1v) is 7.00. The van der Waals surface area contributed by atoms with Crippen molar-refractivity contribution in [3.05, 3.63) is 33.4 Å². The van der Waals surface area contributed by atoms with Crippen molar-refractivity contribution < 1.29 is 9.59 Å². The molecule has 1 fully saturated rings. The van der Waals surface area contributed by atoms with Crippen LogP contribution in [0.4, 0.5) is 0 Å². The molecular formula is C13H15IN2O2. The van der Waals surface area contributed by atoms with E-state index in [1.807, 2.05) is 31.2 Å². The van der Waals surface area contributed by atoms with Gasteiger partial charge in [0.25, 0.3) is 0 Å². The number of hydrogen-bond donors (Lipinski definition) is 1. The Labute approximate surface area is 120 Å². The number of halogens is 1. The number of carbonyl (C=O) groups excluding carboxylic acids is 2. The van der Waals surface area contributed by atoms with Crippen molar-refractivity contribution in [3.63, 3.8) is 0 Å². The van der Waals surface area contributed by atoms with Crippen molar-refractivity contribution in [2.45, 2.75) is 25.9 Å². The molecule has 96 valence electrons. The normalized spacial score (nSPS) is 19.9. The summed E-state index contributed by atoms with van der Waals surface area (Å²) in [5.74, 6) is -0.0670. The van der Waals surface area contributed by atoms with E-state index in [4.69, 9.17) is 0 Å². The molecule has 1 aromatic carbocycles. The number of piperazine rings is 1. The molecule has 1 atom stereocenters. The molecule has 1 saturated heterocycles. The molecule has 1 N–H and O–H groups in total. The van der Waals surface area contributed by atoms with E-state index in [9.17, 15) is 9.59 Å². The molecule has 4 nitrogen and oxygen atoms in total. The minimum absolute atomic E-state index is 0.00986. The maximum absolute atomic E-state index is 12.1. The lowest BCUT2D eigenvalue weighted by Crippen LogP contribution is -2.57. The van der Waals surface area contributed by atoms with Crippen molar-refractivity contribution in [2.24, 2.45) is 0 Å². The zero-order valence-corrected chi connectivity index (χ0v) is 12.3. The molecule has 0 bridgehead atoms. The van der Waals surface area contributed by atoms with Gasteiger partial charge in [-0.05, 0) is 46.7 Å². The summed E-state index contributed by atoms with van der Waals surface area (Å²) < 4.78 is 1.16. The van der Waals surface area contributed by atoms with Crippen LogP contribution in [-0.2, 0) is 16.1 Å². The van der Waals surface area contributed by atoms with Crippen molar-refractivity contribution in [2.75, 3.05) is 6.54 Å². The van der Waals surface area contributed by atoms with E-state index in [1.54, 1.807) is 4.90 Å². The zero-order chi connectivity index (χ0) is 13.1. The first-order chi connectivity index (χ1) is 8.60. The zero-order valence-electron chi connectivity index (χ0n) is 10.1. The van der Waals surface area contributed by atoms with Crippen molar-refractivity contribution in [1.29, 1.82) is 0 Å². The molecule has 5 heteroatoms. The quantitative estimate of drug-likeness (QED) is 0.834. The summed E-state index contributed by atoms with van der Waals surface area (Å²) in [6.45, 7) is 2.55. The summed E-state index contributed by atoms with van der Waals surface area (Å²) >= 11 is 2.24. The Balaban J connectivity index is 2.09. The van der Waals surface area contributed by atoms with Crippen LogP contribution in [0.3, 0.4) is 0 Å². The fourth-order valence-corrected chi connectivity index (χ4v) is 2.35. The molecule has 1 aliphatic rings. The van der Waals surface area contributed by atoms with E-state index in [-0.39, 0.29) is 24.4 Å². The van der Waals surface area contributed by atoms with Crippen LogP contribution in [0.2, 0.25) is 0 Å². The molecule has 1 heterocycles. The fourth-order valence-electron chi connectivity index (χ4n) is 1.99. The van der Waals surface area contributed by atoms with Crippen LogP contribution in [0.5, 0.6) is 0 Å². The summed E-state index contributed by atoms with van der Waals surface area (Å²) in [7, 11) is 0. The number of hydrogen-bond acceptors (Lipinski definition) is 2. The Morgan fingerprint density at radius 2 is 2.00 bits per heavy atom. The molecule has 2 rings (SSSR count). The number of rotatable bonds is 3. The van der Waals surface area contributed by atoms with Gasteiger partial charge < -0.3 is 10.2 Å². The van der Waals surface area contributed by atoms with Crippen LogP contribution in [0.25, 0.3) is 0 Å². The lowest BCUT2D eigenvalue weighted by atomic mass is 10.1. The minimum Gasteiger partial charge on any atom is -0.343 e. The van der Waals surface area contributed by atoms with Gasteiger partial charge in [0.1, 0.15) is 6.04 Å². The monoisotopic (exact) mass is 358 g/mol. The third kappa shape index (κ3) is 3.01. The molecule has 1 aliphatic heterocycles. The average molecular weight is 358 g/mol. The van der Waals surface area contributed by atoms with E-state index in [2.05, 4.69) is 27.9 Å². The summed E-state index contributed by atoms with van der Waals surface area (Å²) in [5.41, 5.74) is 1.05. The second-order valence-electron chi connectivity index (χ2n) is 4.35. The summed E-state index contributed by atoms with van der Waals surface area (Å²) in [4.78, 5) is 25.2. The Hall–Kier alpha value is -1.11. The van der Waals surface area contributed by atoms with E-state index >= 15 is 0 Å². The topological polar surface area (TPSA) is 49.4 Å². The number of carbonyl (C=O) groups is 2. The SMILES string of the molecule is CCC1NC(=O)CN(Cc2ccc(I)cc2)C1=O. The second kappa shape index (κ2) is 5.69. The molecule has 0 radical (unpaired) electrons. The summed E-state index contributed by atoms with van der Waals surface area (Å²) in [6.07, 6.45) is 0.633. The van der Waals surface area contributed by atoms with Crippen LogP contribution < -0.4 is 5.32 Å². The fraction of sp³-hybridized carbons (Fsp3) is 0.385. The van der Waals surface area contributed by atoms with Gasteiger partial charge in [-0.2, -0.15) is 0 Å². The van der Waals surface area contributed by atoms with Crippen LogP contribution in [0.1, 0.15) is 18.9 Å². The molecule has 0 aliphatic carbocycles.